The summed E-state index contributed by atoms with van der Waals surface area (Å²) in [6, 6.07) is 8.81. The van der Waals surface area contributed by atoms with Crippen LogP contribution in [0.4, 0.5) is 0 Å². The van der Waals surface area contributed by atoms with E-state index in [1.165, 1.54) is 36.8 Å². The average molecular weight is 369 g/mol. The zero-order valence-electron chi connectivity index (χ0n) is 17.0. The molecule has 2 N–H and O–H groups in total. The van der Waals surface area contributed by atoms with Crippen molar-refractivity contribution in [2.75, 3.05) is 0 Å². The third kappa shape index (κ3) is 4.27. The van der Waals surface area contributed by atoms with Gasteiger partial charge in [0.1, 0.15) is 0 Å². The van der Waals surface area contributed by atoms with Gasteiger partial charge < -0.3 is 15.0 Å². The number of carboxylic acids is 1. The fourth-order valence-corrected chi connectivity index (χ4v) is 4.35. The summed E-state index contributed by atoms with van der Waals surface area (Å²) >= 11 is 0. The van der Waals surface area contributed by atoms with Crippen molar-refractivity contribution in [2.45, 2.75) is 72.5 Å². The van der Waals surface area contributed by atoms with Crippen LogP contribution in [0.15, 0.2) is 24.3 Å². The molecule has 1 aromatic heterocycles. The molecule has 0 amide bonds. The van der Waals surface area contributed by atoms with Gasteiger partial charge in [0.2, 0.25) is 0 Å². The summed E-state index contributed by atoms with van der Waals surface area (Å²) in [6.07, 6.45) is 4.89. The van der Waals surface area contributed by atoms with Gasteiger partial charge in [-0.05, 0) is 63.5 Å². The van der Waals surface area contributed by atoms with Crippen molar-refractivity contribution in [1.82, 2.24) is 9.88 Å². The quantitative estimate of drug-likeness (QED) is 0.768. The minimum Gasteiger partial charge on any atom is -0.478 e. The highest BCUT2D eigenvalue weighted by molar-refractivity contribution is 5.91. The first-order chi connectivity index (χ1) is 12.9. The molecule has 1 heterocycles. The van der Waals surface area contributed by atoms with Gasteiger partial charge in [0, 0.05) is 36.1 Å². The Morgan fingerprint density at radius 1 is 1.11 bits per heavy atom. The maximum Gasteiger partial charge on any atom is 0.337 e. The zero-order valence-corrected chi connectivity index (χ0v) is 17.0. The molecule has 0 aliphatic heterocycles. The monoisotopic (exact) mass is 368 g/mol. The van der Waals surface area contributed by atoms with E-state index in [1.807, 2.05) is 19.1 Å². The summed E-state index contributed by atoms with van der Waals surface area (Å²) < 4.78 is 2.16. The van der Waals surface area contributed by atoms with Gasteiger partial charge in [-0.2, -0.15) is 0 Å². The number of hydrogen-bond donors (Lipinski definition) is 2. The standard InChI is InChI=1S/C23H32N2O2/c1-15-9-11-20(12-10-15)24-13-21-17(3)25(18(4)22(21)23(26)27)14-19-8-6-5-7-16(19)2/h5-8,15,20,24H,9-14H2,1-4H3,(H,26,27). The van der Waals surface area contributed by atoms with E-state index >= 15 is 0 Å². The molecule has 146 valence electrons. The Morgan fingerprint density at radius 3 is 2.41 bits per heavy atom. The first-order valence-corrected chi connectivity index (χ1v) is 10.1. The predicted octanol–water partition coefficient (Wildman–Crippen LogP) is 4.83. The number of aromatic nitrogens is 1. The Hall–Kier alpha value is -2.07. The van der Waals surface area contributed by atoms with Crippen molar-refractivity contribution in [3.05, 3.63) is 57.9 Å². The van der Waals surface area contributed by atoms with Gasteiger partial charge in [0.15, 0.2) is 0 Å². The van der Waals surface area contributed by atoms with Gasteiger partial charge in [-0.15, -0.1) is 0 Å². The summed E-state index contributed by atoms with van der Waals surface area (Å²) in [5.41, 5.74) is 5.78. The Bertz CT molecular complexity index is 814. The lowest BCUT2D eigenvalue weighted by molar-refractivity contribution is 0.0694. The van der Waals surface area contributed by atoms with Crippen molar-refractivity contribution in [1.29, 1.82) is 0 Å². The molecule has 27 heavy (non-hydrogen) atoms. The normalized spacial score (nSPS) is 20.0. The van der Waals surface area contributed by atoms with E-state index in [-0.39, 0.29) is 0 Å². The molecule has 0 spiro atoms. The van der Waals surface area contributed by atoms with Crippen LogP contribution in [0.25, 0.3) is 0 Å². The van der Waals surface area contributed by atoms with E-state index in [1.54, 1.807) is 0 Å². The molecular formula is C23H32N2O2. The number of nitrogens with zero attached hydrogens (tertiary/aromatic N) is 1. The van der Waals surface area contributed by atoms with Gasteiger partial charge in [0.05, 0.1) is 5.56 Å². The van der Waals surface area contributed by atoms with Crippen molar-refractivity contribution < 1.29 is 9.90 Å². The maximum absolute atomic E-state index is 12.0. The van der Waals surface area contributed by atoms with E-state index in [2.05, 4.69) is 42.8 Å². The largest absolute Gasteiger partial charge is 0.478 e. The molecule has 4 nitrogen and oxygen atoms in total. The lowest BCUT2D eigenvalue weighted by atomic mass is 9.87. The molecule has 0 saturated heterocycles. The van der Waals surface area contributed by atoms with E-state index in [0.717, 1.165) is 22.9 Å². The number of benzene rings is 1. The number of aromatic carboxylic acids is 1. The third-order valence-electron chi connectivity index (χ3n) is 6.30. The molecule has 3 rings (SSSR count). The smallest absolute Gasteiger partial charge is 0.337 e. The van der Waals surface area contributed by atoms with Crippen LogP contribution in [-0.4, -0.2) is 21.7 Å². The van der Waals surface area contributed by atoms with Gasteiger partial charge in [0.25, 0.3) is 0 Å². The summed E-state index contributed by atoms with van der Waals surface area (Å²) in [5, 5.41) is 13.5. The van der Waals surface area contributed by atoms with Gasteiger partial charge >= 0.3 is 5.97 Å². The zero-order chi connectivity index (χ0) is 19.6. The second-order valence-electron chi connectivity index (χ2n) is 8.18. The number of aryl methyl sites for hydroxylation is 1. The van der Waals surface area contributed by atoms with Gasteiger partial charge in [-0.3, -0.25) is 0 Å². The predicted molar refractivity (Wildman–Crippen MR) is 109 cm³/mol. The number of carboxylic acid groups (broad SMARTS) is 1. The van der Waals surface area contributed by atoms with Gasteiger partial charge in [-0.1, -0.05) is 31.2 Å². The molecule has 1 fully saturated rings. The first-order valence-electron chi connectivity index (χ1n) is 10.1. The lowest BCUT2D eigenvalue weighted by Gasteiger charge is -2.27. The van der Waals surface area contributed by atoms with Crippen LogP contribution in [0.1, 0.15) is 71.0 Å². The van der Waals surface area contributed by atoms with Crippen molar-refractivity contribution in [3.8, 4) is 0 Å². The summed E-state index contributed by atoms with van der Waals surface area (Å²) in [6.45, 7) is 9.75. The molecule has 1 aliphatic rings. The van der Waals surface area contributed by atoms with Crippen molar-refractivity contribution in [3.63, 3.8) is 0 Å². The summed E-state index contributed by atoms with van der Waals surface area (Å²) in [5.74, 6) is -0.00925. The second kappa shape index (κ2) is 8.30. The van der Waals surface area contributed by atoms with Crippen molar-refractivity contribution in [2.24, 2.45) is 5.92 Å². The Labute approximate surface area is 162 Å². The van der Waals surface area contributed by atoms with Crippen LogP contribution in [0.3, 0.4) is 0 Å². The second-order valence-corrected chi connectivity index (χ2v) is 8.18. The summed E-state index contributed by atoms with van der Waals surface area (Å²) in [4.78, 5) is 12.0. The first kappa shape index (κ1) is 19.7. The molecule has 0 atom stereocenters. The minimum absolute atomic E-state index is 0.470. The van der Waals surface area contributed by atoms with Crippen LogP contribution in [0.2, 0.25) is 0 Å². The number of hydrogen-bond acceptors (Lipinski definition) is 2. The highest BCUT2D eigenvalue weighted by Crippen LogP contribution is 2.27. The Morgan fingerprint density at radius 2 is 1.78 bits per heavy atom. The van der Waals surface area contributed by atoms with E-state index < -0.39 is 5.97 Å². The molecule has 4 heteroatoms. The fraction of sp³-hybridized carbons (Fsp3) is 0.522. The third-order valence-corrected chi connectivity index (χ3v) is 6.30. The molecule has 0 unspecified atom stereocenters. The molecule has 0 bridgehead atoms. The minimum atomic E-state index is -0.826. The average Bonchev–Trinajstić information content (AvgIpc) is 2.87. The van der Waals surface area contributed by atoms with Crippen LogP contribution < -0.4 is 5.32 Å². The molecule has 0 radical (unpaired) electrons. The fourth-order valence-electron chi connectivity index (χ4n) is 4.35. The number of carbonyl (C=O) groups is 1. The topological polar surface area (TPSA) is 54.3 Å². The summed E-state index contributed by atoms with van der Waals surface area (Å²) in [7, 11) is 0. The van der Waals surface area contributed by atoms with Crippen molar-refractivity contribution >= 4 is 5.97 Å². The molecule has 2 aromatic rings. The Kier molecular flexibility index (Phi) is 6.05. The highest BCUT2D eigenvalue weighted by atomic mass is 16.4. The van der Waals surface area contributed by atoms with Crippen LogP contribution in [0, 0.1) is 26.7 Å². The Balaban J connectivity index is 1.85. The van der Waals surface area contributed by atoms with E-state index in [0.29, 0.717) is 24.7 Å². The molecule has 1 aromatic carbocycles. The lowest BCUT2D eigenvalue weighted by Crippen LogP contribution is -2.32. The van der Waals surface area contributed by atoms with Crippen LogP contribution in [-0.2, 0) is 13.1 Å². The van der Waals surface area contributed by atoms with Gasteiger partial charge in [-0.25, -0.2) is 4.79 Å². The maximum atomic E-state index is 12.0. The number of nitrogens with one attached hydrogen (secondary N) is 1. The molecule has 1 aliphatic carbocycles. The van der Waals surface area contributed by atoms with E-state index in [4.69, 9.17) is 0 Å². The molecule has 1 saturated carbocycles. The van der Waals surface area contributed by atoms with Crippen LogP contribution in [0.5, 0.6) is 0 Å². The molecular weight excluding hydrogens is 336 g/mol. The van der Waals surface area contributed by atoms with E-state index in [9.17, 15) is 9.90 Å². The SMILES string of the molecule is Cc1ccccc1Cn1c(C)c(CNC2CCC(C)CC2)c(C(=O)O)c1C. The number of rotatable bonds is 6. The highest BCUT2D eigenvalue weighted by Gasteiger charge is 2.24. The van der Waals surface area contributed by atoms with Crippen LogP contribution >= 0.6 is 0 Å².